The molecular formula is C16H27ClN4. The first-order chi connectivity index (χ1) is 10.3. The van der Waals surface area contributed by atoms with Crippen LogP contribution in [0.2, 0.25) is 5.02 Å². The van der Waals surface area contributed by atoms with Crippen LogP contribution in [0.25, 0.3) is 0 Å². The molecule has 0 amide bonds. The van der Waals surface area contributed by atoms with Gasteiger partial charge in [0.05, 0.1) is 0 Å². The van der Waals surface area contributed by atoms with Gasteiger partial charge in [0, 0.05) is 50.0 Å². The molecule has 21 heavy (non-hydrogen) atoms. The van der Waals surface area contributed by atoms with Crippen molar-refractivity contribution >= 4 is 17.3 Å². The summed E-state index contributed by atoms with van der Waals surface area (Å²) < 4.78 is 0. The number of halogens is 1. The van der Waals surface area contributed by atoms with Gasteiger partial charge in [-0.05, 0) is 44.1 Å². The lowest BCUT2D eigenvalue weighted by Gasteiger charge is -2.36. The number of rotatable bonds is 8. The molecule has 118 valence electrons. The van der Waals surface area contributed by atoms with Gasteiger partial charge in [-0.15, -0.1) is 0 Å². The number of anilines is 1. The van der Waals surface area contributed by atoms with Crippen LogP contribution in [0, 0.1) is 0 Å². The van der Waals surface area contributed by atoms with Crippen molar-refractivity contribution in [2.75, 3.05) is 57.3 Å². The Labute approximate surface area is 133 Å². The van der Waals surface area contributed by atoms with E-state index in [9.17, 15) is 0 Å². The highest BCUT2D eigenvalue weighted by molar-refractivity contribution is 6.30. The van der Waals surface area contributed by atoms with Crippen molar-refractivity contribution in [1.82, 2.24) is 10.2 Å². The molecule has 1 aromatic rings. The summed E-state index contributed by atoms with van der Waals surface area (Å²) in [7, 11) is 0. The van der Waals surface area contributed by atoms with E-state index >= 15 is 0 Å². The maximum atomic E-state index is 6.06. The van der Waals surface area contributed by atoms with Crippen molar-refractivity contribution in [3.63, 3.8) is 0 Å². The van der Waals surface area contributed by atoms with Crippen molar-refractivity contribution < 1.29 is 0 Å². The highest BCUT2D eigenvalue weighted by Gasteiger charge is 2.16. The smallest absolute Gasteiger partial charge is 0.0426 e. The molecule has 0 aromatic heterocycles. The summed E-state index contributed by atoms with van der Waals surface area (Å²) in [6.45, 7) is 8.40. The van der Waals surface area contributed by atoms with Gasteiger partial charge in [-0.25, -0.2) is 0 Å². The Morgan fingerprint density at radius 2 is 1.90 bits per heavy atom. The zero-order chi connectivity index (χ0) is 14.9. The predicted octanol–water partition coefficient (Wildman–Crippen LogP) is 1.79. The van der Waals surface area contributed by atoms with Gasteiger partial charge < -0.3 is 16.0 Å². The van der Waals surface area contributed by atoms with Crippen LogP contribution in [0.3, 0.4) is 0 Å². The first-order valence-electron chi connectivity index (χ1n) is 7.93. The maximum absolute atomic E-state index is 6.06. The van der Waals surface area contributed by atoms with Crippen LogP contribution in [0.1, 0.15) is 12.8 Å². The summed E-state index contributed by atoms with van der Waals surface area (Å²) in [6.07, 6.45) is 2.49. The lowest BCUT2D eigenvalue weighted by molar-refractivity contribution is 0.252. The van der Waals surface area contributed by atoms with Crippen LogP contribution >= 0.6 is 11.6 Å². The second kappa shape index (κ2) is 9.26. The van der Waals surface area contributed by atoms with E-state index in [0.29, 0.717) is 0 Å². The van der Waals surface area contributed by atoms with Crippen molar-refractivity contribution in [1.29, 1.82) is 0 Å². The molecule has 1 fully saturated rings. The Kier molecular flexibility index (Phi) is 7.30. The normalized spacial score (nSPS) is 16.4. The van der Waals surface area contributed by atoms with E-state index in [1.165, 1.54) is 25.1 Å². The van der Waals surface area contributed by atoms with Gasteiger partial charge in [0.2, 0.25) is 0 Å². The van der Waals surface area contributed by atoms with E-state index < -0.39 is 0 Å². The number of nitrogens with zero attached hydrogens (tertiary/aromatic N) is 2. The standard InChI is InChI=1S/C16H27ClN4/c17-15-4-3-5-16(14-15)21-12-10-20(11-13-21)9-2-1-7-19-8-6-18/h3-5,14,19H,1-2,6-13,18H2. The summed E-state index contributed by atoms with van der Waals surface area (Å²) in [5, 5.41) is 4.16. The highest BCUT2D eigenvalue weighted by Crippen LogP contribution is 2.20. The van der Waals surface area contributed by atoms with Gasteiger partial charge in [-0.1, -0.05) is 17.7 Å². The van der Waals surface area contributed by atoms with Crippen molar-refractivity contribution in [3.8, 4) is 0 Å². The molecule has 2 rings (SSSR count). The van der Waals surface area contributed by atoms with Gasteiger partial charge in [0.1, 0.15) is 0 Å². The van der Waals surface area contributed by atoms with Crippen LogP contribution < -0.4 is 16.0 Å². The number of hydrogen-bond donors (Lipinski definition) is 2. The molecular weight excluding hydrogens is 284 g/mol. The van der Waals surface area contributed by atoms with Crippen LogP contribution in [-0.2, 0) is 0 Å². The molecule has 0 spiro atoms. The first kappa shape index (κ1) is 16.6. The minimum Gasteiger partial charge on any atom is -0.369 e. The van der Waals surface area contributed by atoms with Crippen LogP contribution in [-0.4, -0.2) is 57.3 Å². The Hall–Kier alpha value is -0.810. The SMILES string of the molecule is NCCNCCCCN1CCN(c2cccc(Cl)c2)CC1. The monoisotopic (exact) mass is 310 g/mol. The Balaban J connectivity index is 1.62. The third kappa shape index (κ3) is 5.83. The largest absolute Gasteiger partial charge is 0.369 e. The summed E-state index contributed by atoms with van der Waals surface area (Å²) >= 11 is 6.06. The van der Waals surface area contributed by atoms with E-state index in [4.69, 9.17) is 17.3 Å². The topological polar surface area (TPSA) is 44.5 Å². The molecule has 0 bridgehead atoms. The molecule has 0 radical (unpaired) electrons. The van der Waals surface area contributed by atoms with E-state index in [1.54, 1.807) is 0 Å². The highest BCUT2D eigenvalue weighted by atomic mass is 35.5. The second-order valence-electron chi connectivity index (χ2n) is 5.55. The van der Waals surface area contributed by atoms with Gasteiger partial charge in [0.25, 0.3) is 0 Å². The molecule has 3 N–H and O–H groups in total. The third-order valence-corrected chi connectivity index (χ3v) is 4.18. The number of nitrogens with one attached hydrogen (secondary N) is 1. The number of unbranched alkanes of at least 4 members (excludes halogenated alkanes) is 1. The number of hydrogen-bond acceptors (Lipinski definition) is 4. The molecule has 0 atom stereocenters. The molecule has 0 unspecified atom stereocenters. The molecule has 5 heteroatoms. The average molecular weight is 311 g/mol. The van der Waals surface area contributed by atoms with E-state index in [2.05, 4.69) is 27.2 Å². The average Bonchev–Trinajstić information content (AvgIpc) is 2.51. The van der Waals surface area contributed by atoms with Gasteiger partial charge in [-0.3, -0.25) is 4.90 Å². The molecule has 1 aliphatic rings. The molecule has 0 aliphatic carbocycles. The van der Waals surface area contributed by atoms with Gasteiger partial charge >= 0.3 is 0 Å². The quantitative estimate of drug-likeness (QED) is 0.719. The molecule has 1 saturated heterocycles. The zero-order valence-corrected chi connectivity index (χ0v) is 13.5. The van der Waals surface area contributed by atoms with Crippen molar-refractivity contribution in [3.05, 3.63) is 29.3 Å². The Morgan fingerprint density at radius 3 is 2.62 bits per heavy atom. The number of benzene rings is 1. The summed E-state index contributed by atoms with van der Waals surface area (Å²) in [6, 6.07) is 8.16. The third-order valence-electron chi connectivity index (χ3n) is 3.94. The van der Waals surface area contributed by atoms with E-state index in [1.807, 2.05) is 12.1 Å². The van der Waals surface area contributed by atoms with Crippen LogP contribution in [0.5, 0.6) is 0 Å². The fourth-order valence-corrected chi connectivity index (χ4v) is 2.90. The fourth-order valence-electron chi connectivity index (χ4n) is 2.71. The summed E-state index contributed by atoms with van der Waals surface area (Å²) in [5.41, 5.74) is 6.69. The van der Waals surface area contributed by atoms with Crippen molar-refractivity contribution in [2.45, 2.75) is 12.8 Å². The van der Waals surface area contributed by atoms with Crippen LogP contribution in [0.4, 0.5) is 5.69 Å². The van der Waals surface area contributed by atoms with Gasteiger partial charge in [0.15, 0.2) is 0 Å². The summed E-state index contributed by atoms with van der Waals surface area (Å²) in [4.78, 5) is 4.98. The maximum Gasteiger partial charge on any atom is 0.0426 e. The van der Waals surface area contributed by atoms with E-state index in [0.717, 1.165) is 50.8 Å². The minimum atomic E-state index is 0.728. The lowest BCUT2D eigenvalue weighted by Crippen LogP contribution is -2.46. The predicted molar refractivity (Wildman–Crippen MR) is 91.3 cm³/mol. The Morgan fingerprint density at radius 1 is 1.10 bits per heavy atom. The Bertz CT molecular complexity index is 405. The summed E-state index contributed by atoms with van der Waals surface area (Å²) in [5.74, 6) is 0. The zero-order valence-electron chi connectivity index (χ0n) is 12.7. The van der Waals surface area contributed by atoms with Gasteiger partial charge in [-0.2, -0.15) is 0 Å². The second-order valence-corrected chi connectivity index (χ2v) is 5.99. The molecule has 4 nitrogen and oxygen atoms in total. The van der Waals surface area contributed by atoms with Crippen molar-refractivity contribution in [2.24, 2.45) is 5.73 Å². The lowest BCUT2D eigenvalue weighted by atomic mass is 10.2. The first-order valence-corrected chi connectivity index (χ1v) is 8.31. The molecule has 0 saturated carbocycles. The fraction of sp³-hybridized carbons (Fsp3) is 0.625. The minimum absolute atomic E-state index is 0.728. The number of piperazine rings is 1. The molecule has 1 aliphatic heterocycles. The molecule has 1 aromatic carbocycles. The number of nitrogens with two attached hydrogens (primary N) is 1. The van der Waals surface area contributed by atoms with Crippen LogP contribution in [0.15, 0.2) is 24.3 Å². The molecule has 1 heterocycles. The van der Waals surface area contributed by atoms with E-state index in [-0.39, 0.29) is 0 Å².